The van der Waals surface area contributed by atoms with E-state index >= 15 is 0 Å². The number of rotatable bonds is 3. The highest BCUT2D eigenvalue weighted by Gasteiger charge is 2.15. The minimum atomic E-state index is -1.02. The Morgan fingerprint density at radius 3 is 2.33 bits per heavy atom. The van der Waals surface area contributed by atoms with E-state index in [4.69, 9.17) is 16.7 Å². The molecule has 1 aromatic rings. The van der Waals surface area contributed by atoms with Crippen molar-refractivity contribution in [2.75, 3.05) is 0 Å². The van der Waals surface area contributed by atoms with E-state index in [1.807, 2.05) is 0 Å². The summed E-state index contributed by atoms with van der Waals surface area (Å²) in [5.74, 6) is -3.21. The van der Waals surface area contributed by atoms with Gasteiger partial charge in [-0.05, 0) is 23.6 Å². The van der Waals surface area contributed by atoms with E-state index in [-0.39, 0.29) is 12.0 Å². The first kappa shape index (κ1) is 11.9. The molecule has 0 saturated heterocycles. The van der Waals surface area contributed by atoms with Crippen molar-refractivity contribution in [2.24, 2.45) is 0 Å². The van der Waals surface area contributed by atoms with Crippen LogP contribution in [0.25, 0.3) is 0 Å². The summed E-state index contributed by atoms with van der Waals surface area (Å²) < 4.78 is 26.0. The van der Waals surface area contributed by atoms with Gasteiger partial charge < -0.3 is 5.11 Å². The molecule has 5 heteroatoms. The van der Waals surface area contributed by atoms with Gasteiger partial charge in [0.25, 0.3) is 0 Å². The molecule has 2 nitrogen and oxygen atoms in total. The third kappa shape index (κ3) is 2.89. The monoisotopic (exact) mass is 234 g/mol. The highest BCUT2D eigenvalue weighted by Crippen LogP contribution is 2.26. The number of carbonyl (C=O) groups is 1. The molecule has 1 atom stereocenters. The first-order chi connectivity index (χ1) is 6.91. The van der Waals surface area contributed by atoms with Crippen LogP contribution >= 0.6 is 11.6 Å². The Balaban J connectivity index is 3.00. The van der Waals surface area contributed by atoms with Gasteiger partial charge in [0.2, 0.25) is 0 Å². The van der Waals surface area contributed by atoms with E-state index in [9.17, 15) is 13.6 Å². The van der Waals surface area contributed by atoms with Crippen molar-refractivity contribution >= 4 is 17.6 Å². The molecule has 0 aliphatic heterocycles. The van der Waals surface area contributed by atoms with Gasteiger partial charge >= 0.3 is 5.97 Å². The Morgan fingerprint density at radius 1 is 1.47 bits per heavy atom. The highest BCUT2D eigenvalue weighted by molar-refractivity contribution is 6.30. The Morgan fingerprint density at radius 2 is 1.93 bits per heavy atom. The predicted molar refractivity (Wildman–Crippen MR) is 52.0 cm³/mol. The largest absolute Gasteiger partial charge is 0.481 e. The molecule has 82 valence electrons. The molecule has 0 radical (unpaired) electrons. The molecule has 0 aliphatic carbocycles. The molecule has 0 spiro atoms. The maximum atomic E-state index is 13.0. The summed E-state index contributed by atoms with van der Waals surface area (Å²) in [5, 5.41) is 7.96. The molecule has 1 unspecified atom stereocenters. The number of carboxylic acids is 1. The summed E-state index contributed by atoms with van der Waals surface area (Å²) in [6.45, 7) is 1.58. The molecular formula is C10H9ClF2O2. The minimum Gasteiger partial charge on any atom is -0.481 e. The SMILES string of the molecule is CC(CC(=O)O)c1cc(F)c(Cl)c(F)c1. The molecule has 1 rings (SSSR count). The fourth-order valence-corrected chi connectivity index (χ4v) is 1.35. The van der Waals surface area contributed by atoms with Gasteiger partial charge in [-0.1, -0.05) is 18.5 Å². The molecule has 1 N–H and O–H groups in total. The van der Waals surface area contributed by atoms with Crippen LogP contribution < -0.4 is 0 Å². The van der Waals surface area contributed by atoms with Gasteiger partial charge in [-0.3, -0.25) is 4.79 Å². The van der Waals surface area contributed by atoms with Crippen molar-refractivity contribution in [3.8, 4) is 0 Å². The summed E-state index contributed by atoms with van der Waals surface area (Å²) in [7, 11) is 0. The van der Waals surface area contributed by atoms with Crippen LogP contribution in [0, 0.1) is 11.6 Å². The van der Waals surface area contributed by atoms with Gasteiger partial charge in [0.1, 0.15) is 16.7 Å². The van der Waals surface area contributed by atoms with Gasteiger partial charge in [0.05, 0.1) is 6.42 Å². The fraction of sp³-hybridized carbons (Fsp3) is 0.300. The molecule has 0 heterocycles. The molecule has 0 aromatic heterocycles. The summed E-state index contributed by atoms with van der Waals surface area (Å²) in [6, 6.07) is 2.11. The van der Waals surface area contributed by atoms with Crippen LogP contribution in [0.1, 0.15) is 24.8 Å². The quantitative estimate of drug-likeness (QED) is 0.816. The van der Waals surface area contributed by atoms with Crippen molar-refractivity contribution in [3.63, 3.8) is 0 Å². The van der Waals surface area contributed by atoms with Crippen LogP contribution in [-0.4, -0.2) is 11.1 Å². The third-order valence-corrected chi connectivity index (χ3v) is 2.42. The predicted octanol–water partition coefficient (Wildman–Crippen LogP) is 3.20. The Labute approximate surface area is 90.5 Å². The topological polar surface area (TPSA) is 37.3 Å². The van der Waals surface area contributed by atoms with E-state index in [2.05, 4.69) is 0 Å². The highest BCUT2D eigenvalue weighted by atomic mass is 35.5. The van der Waals surface area contributed by atoms with Crippen LogP contribution in [0.4, 0.5) is 8.78 Å². The Bertz CT molecular complexity index is 370. The molecule has 0 saturated carbocycles. The number of benzene rings is 1. The van der Waals surface area contributed by atoms with Gasteiger partial charge in [-0.25, -0.2) is 8.78 Å². The zero-order valence-electron chi connectivity index (χ0n) is 7.93. The molecule has 15 heavy (non-hydrogen) atoms. The molecular weight excluding hydrogens is 226 g/mol. The van der Waals surface area contributed by atoms with Gasteiger partial charge in [-0.2, -0.15) is 0 Å². The van der Waals surface area contributed by atoms with Crippen LogP contribution in [0.5, 0.6) is 0 Å². The maximum Gasteiger partial charge on any atom is 0.303 e. The van der Waals surface area contributed by atoms with Crippen LogP contribution in [0.15, 0.2) is 12.1 Å². The van der Waals surface area contributed by atoms with Crippen molar-refractivity contribution in [1.29, 1.82) is 0 Å². The smallest absolute Gasteiger partial charge is 0.303 e. The molecule has 1 aromatic carbocycles. The number of carboxylic acid groups (broad SMARTS) is 1. The number of halogens is 3. The van der Waals surface area contributed by atoms with Crippen LogP contribution in [0.3, 0.4) is 0 Å². The van der Waals surface area contributed by atoms with Crippen LogP contribution in [0.2, 0.25) is 5.02 Å². The lowest BCUT2D eigenvalue weighted by Crippen LogP contribution is -2.04. The van der Waals surface area contributed by atoms with Gasteiger partial charge in [-0.15, -0.1) is 0 Å². The Hall–Kier alpha value is -1.16. The lowest BCUT2D eigenvalue weighted by atomic mass is 9.98. The van der Waals surface area contributed by atoms with E-state index in [0.29, 0.717) is 0 Å². The fourth-order valence-electron chi connectivity index (χ4n) is 1.24. The third-order valence-electron chi connectivity index (χ3n) is 2.06. The molecule has 0 fully saturated rings. The van der Waals surface area contributed by atoms with E-state index in [0.717, 1.165) is 12.1 Å². The average molecular weight is 235 g/mol. The summed E-state index contributed by atoms with van der Waals surface area (Å²) in [5.41, 5.74) is 0.289. The van der Waals surface area contributed by atoms with Crippen molar-refractivity contribution in [1.82, 2.24) is 0 Å². The van der Waals surface area contributed by atoms with E-state index < -0.39 is 28.5 Å². The zero-order chi connectivity index (χ0) is 11.6. The first-order valence-corrected chi connectivity index (χ1v) is 4.66. The summed E-state index contributed by atoms with van der Waals surface area (Å²) in [4.78, 5) is 10.4. The molecule has 0 aliphatic rings. The first-order valence-electron chi connectivity index (χ1n) is 4.28. The molecule has 0 bridgehead atoms. The lowest BCUT2D eigenvalue weighted by Gasteiger charge is -2.10. The minimum absolute atomic E-state index is 0.180. The zero-order valence-corrected chi connectivity index (χ0v) is 8.68. The van der Waals surface area contributed by atoms with Crippen molar-refractivity contribution in [3.05, 3.63) is 34.4 Å². The number of hydrogen-bond acceptors (Lipinski definition) is 1. The second kappa shape index (κ2) is 4.57. The second-order valence-electron chi connectivity index (χ2n) is 3.30. The summed E-state index contributed by atoms with van der Waals surface area (Å²) in [6.07, 6.45) is -0.180. The number of aliphatic carboxylic acids is 1. The summed E-state index contributed by atoms with van der Waals surface area (Å²) >= 11 is 5.29. The Kier molecular flexibility index (Phi) is 3.63. The maximum absolute atomic E-state index is 13.0. The van der Waals surface area contributed by atoms with Crippen molar-refractivity contribution < 1.29 is 18.7 Å². The number of hydrogen-bond donors (Lipinski definition) is 1. The van der Waals surface area contributed by atoms with E-state index in [1.165, 1.54) is 0 Å². The van der Waals surface area contributed by atoms with E-state index in [1.54, 1.807) is 6.92 Å². The average Bonchev–Trinajstić information content (AvgIpc) is 2.12. The molecule has 0 amide bonds. The standard InChI is InChI=1S/C10H9ClF2O2/c1-5(2-9(14)15)6-3-7(12)10(11)8(13)4-6/h3-5H,2H2,1H3,(H,14,15). The van der Waals surface area contributed by atoms with Gasteiger partial charge in [0.15, 0.2) is 0 Å². The second-order valence-corrected chi connectivity index (χ2v) is 3.68. The van der Waals surface area contributed by atoms with Gasteiger partial charge in [0, 0.05) is 0 Å². The van der Waals surface area contributed by atoms with Crippen LogP contribution in [-0.2, 0) is 4.79 Å². The normalized spacial score (nSPS) is 12.5. The van der Waals surface area contributed by atoms with Crippen molar-refractivity contribution in [2.45, 2.75) is 19.3 Å². The lowest BCUT2D eigenvalue weighted by molar-refractivity contribution is -0.137.